The molecular weight excluding hydrogens is 360 g/mol. The van der Waals surface area contributed by atoms with E-state index < -0.39 is 18.5 Å². The van der Waals surface area contributed by atoms with Crippen molar-refractivity contribution in [2.75, 3.05) is 26.2 Å². The summed E-state index contributed by atoms with van der Waals surface area (Å²) in [5, 5.41) is 6.24. The van der Waals surface area contributed by atoms with Crippen molar-refractivity contribution in [3.8, 4) is 0 Å². The van der Waals surface area contributed by atoms with Gasteiger partial charge in [-0.05, 0) is 31.0 Å². The van der Waals surface area contributed by atoms with Gasteiger partial charge in [0.15, 0.2) is 5.96 Å². The molecule has 140 valence electrons. The monoisotopic (exact) mass is 380 g/mol. The molecule has 1 unspecified atom stereocenters. The Kier molecular flexibility index (Phi) is 6.89. The van der Waals surface area contributed by atoms with Crippen molar-refractivity contribution < 1.29 is 17.6 Å². The maximum Gasteiger partial charge on any atom is 0.401 e. The Morgan fingerprint density at radius 3 is 2.80 bits per heavy atom. The van der Waals surface area contributed by atoms with Crippen LogP contribution in [0.1, 0.15) is 18.9 Å². The molecule has 0 radical (unpaired) electrons. The molecule has 1 aromatic carbocycles. The van der Waals surface area contributed by atoms with Crippen molar-refractivity contribution in [1.29, 1.82) is 0 Å². The average Bonchev–Trinajstić information content (AvgIpc) is 2.93. The Morgan fingerprint density at radius 2 is 2.16 bits per heavy atom. The van der Waals surface area contributed by atoms with Crippen LogP contribution in [0.5, 0.6) is 0 Å². The number of nitrogens with one attached hydrogen (secondary N) is 2. The molecule has 0 saturated carbocycles. The van der Waals surface area contributed by atoms with E-state index in [2.05, 4.69) is 15.6 Å². The molecule has 0 bridgehead atoms. The van der Waals surface area contributed by atoms with Gasteiger partial charge in [0.25, 0.3) is 0 Å². The fourth-order valence-corrected chi connectivity index (χ4v) is 2.87. The number of hydrogen-bond acceptors (Lipinski definition) is 2. The molecule has 0 aromatic heterocycles. The van der Waals surface area contributed by atoms with Crippen molar-refractivity contribution in [3.63, 3.8) is 0 Å². The van der Waals surface area contributed by atoms with E-state index in [9.17, 15) is 17.6 Å². The zero-order valence-electron chi connectivity index (χ0n) is 13.8. The zero-order chi connectivity index (χ0) is 18.4. The first-order valence-electron chi connectivity index (χ1n) is 8.04. The van der Waals surface area contributed by atoms with Gasteiger partial charge in [-0.25, -0.2) is 9.38 Å². The molecule has 1 saturated heterocycles. The second-order valence-electron chi connectivity index (χ2n) is 5.92. The van der Waals surface area contributed by atoms with Gasteiger partial charge < -0.3 is 10.6 Å². The van der Waals surface area contributed by atoms with Crippen LogP contribution in [0.3, 0.4) is 0 Å². The van der Waals surface area contributed by atoms with Gasteiger partial charge in [-0.1, -0.05) is 17.7 Å². The minimum absolute atomic E-state index is 0.0317. The minimum Gasteiger partial charge on any atom is -0.357 e. The molecule has 4 nitrogen and oxygen atoms in total. The van der Waals surface area contributed by atoms with Crippen LogP contribution in [-0.4, -0.2) is 49.3 Å². The molecule has 1 heterocycles. The maximum atomic E-state index is 13.2. The topological polar surface area (TPSA) is 39.7 Å². The molecule has 0 amide bonds. The molecule has 1 aliphatic heterocycles. The van der Waals surface area contributed by atoms with E-state index >= 15 is 0 Å². The lowest BCUT2D eigenvalue weighted by Gasteiger charge is -2.19. The van der Waals surface area contributed by atoms with Gasteiger partial charge in [-0.2, -0.15) is 13.2 Å². The molecular formula is C16H21ClF4N4. The van der Waals surface area contributed by atoms with Gasteiger partial charge in [0.1, 0.15) is 5.82 Å². The minimum atomic E-state index is -4.19. The van der Waals surface area contributed by atoms with Crippen LogP contribution in [0.25, 0.3) is 0 Å². The first-order chi connectivity index (χ1) is 11.8. The molecule has 0 aliphatic carbocycles. The summed E-state index contributed by atoms with van der Waals surface area (Å²) in [4.78, 5) is 5.77. The lowest BCUT2D eigenvalue weighted by Crippen LogP contribution is -2.45. The summed E-state index contributed by atoms with van der Waals surface area (Å²) in [6, 6.07) is 4.27. The van der Waals surface area contributed by atoms with E-state index in [4.69, 9.17) is 11.6 Å². The van der Waals surface area contributed by atoms with Crippen LogP contribution in [0.4, 0.5) is 17.6 Å². The molecule has 0 spiro atoms. The van der Waals surface area contributed by atoms with Crippen LogP contribution < -0.4 is 10.6 Å². The van der Waals surface area contributed by atoms with Crippen molar-refractivity contribution in [2.24, 2.45) is 4.99 Å². The third-order valence-electron chi connectivity index (χ3n) is 3.76. The van der Waals surface area contributed by atoms with Gasteiger partial charge in [-0.3, -0.25) is 4.90 Å². The smallest absolute Gasteiger partial charge is 0.357 e. The van der Waals surface area contributed by atoms with E-state index in [1.54, 1.807) is 6.07 Å². The zero-order valence-corrected chi connectivity index (χ0v) is 14.6. The fourth-order valence-electron chi connectivity index (χ4n) is 2.67. The lowest BCUT2D eigenvalue weighted by molar-refractivity contribution is -0.143. The van der Waals surface area contributed by atoms with E-state index in [1.165, 1.54) is 17.0 Å². The van der Waals surface area contributed by atoms with E-state index in [0.717, 1.165) is 5.56 Å². The Hall–Kier alpha value is -1.54. The average molecular weight is 381 g/mol. The molecule has 1 fully saturated rings. The fraction of sp³-hybridized carbons (Fsp3) is 0.562. The molecule has 2 N–H and O–H groups in total. The number of hydrogen-bond donors (Lipinski definition) is 2. The molecule has 1 aliphatic rings. The summed E-state index contributed by atoms with van der Waals surface area (Å²) < 4.78 is 50.5. The second-order valence-corrected chi connectivity index (χ2v) is 6.33. The molecule has 2 rings (SSSR count). The van der Waals surface area contributed by atoms with Crippen molar-refractivity contribution in [2.45, 2.75) is 32.1 Å². The summed E-state index contributed by atoms with van der Waals surface area (Å²) >= 11 is 5.74. The normalized spacial score (nSPS) is 19.3. The van der Waals surface area contributed by atoms with Gasteiger partial charge >= 0.3 is 6.18 Å². The van der Waals surface area contributed by atoms with Crippen LogP contribution in [0, 0.1) is 5.82 Å². The summed E-state index contributed by atoms with van der Waals surface area (Å²) in [5.74, 6) is 0.0249. The summed E-state index contributed by atoms with van der Waals surface area (Å²) in [6.45, 7) is 2.61. The number of guanidine groups is 1. The highest BCUT2D eigenvalue weighted by molar-refractivity contribution is 6.30. The number of rotatable bonds is 5. The van der Waals surface area contributed by atoms with Crippen molar-refractivity contribution in [1.82, 2.24) is 15.5 Å². The summed E-state index contributed by atoms with van der Waals surface area (Å²) in [5.41, 5.74) is 0.744. The van der Waals surface area contributed by atoms with Gasteiger partial charge in [0.2, 0.25) is 0 Å². The van der Waals surface area contributed by atoms with Gasteiger partial charge in [-0.15, -0.1) is 0 Å². The number of benzene rings is 1. The maximum absolute atomic E-state index is 13.2. The largest absolute Gasteiger partial charge is 0.401 e. The van der Waals surface area contributed by atoms with Crippen LogP contribution in [-0.2, 0) is 6.54 Å². The first kappa shape index (κ1) is 19.8. The SMILES string of the molecule is CCNC(=NCc1ccc(F)c(Cl)c1)NC1CCN(CC(F)(F)F)C1. The summed E-state index contributed by atoms with van der Waals surface area (Å²) in [6.07, 6.45) is -3.57. The van der Waals surface area contributed by atoms with E-state index in [0.29, 0.717) is 32.0 Å². The lowest BCUT2D eigenvalue weighted by atomic mass is 10.2. The molecule has 9 heteroatoms. The quantitative estimate of drug-likeness (QED) is 0.468. The predicted molar refractivity (Wildman–Crippen MR) is 90.3 cm³/mol. The molecule has 1 atom stereocenters. The molecule has 1 aromatic rings. The van der Waals surface area contributed by atoms with E-state index in [1.807, 2.05) is 6.92 Å². The third kappa shape index (κ3) is 6.70. The highest BCUT2D eigenvalue weighted by Crippen LogP contribution is 2.20. The standard InChI is InChI=1S/C16H21ClF4N4/c1-2-22-15(23-8-11-3-4-14(18)13(17)7-11)24-12-5-6-25(9-12)10-16(19,20)21/h3-4,7,12H,2,5-6,8-10H2,1H3,(H2,22,23,24). The Morgan fingerprint density at radius 1 is 1.40 bits per heavy atom. The Bertz CT molecular complexity index is 606. The summed E-state index contributed by atoms with van der Waals surface area (Å²) in [7, 11) is 0. The highest BCUT2D eigenvalue weighted by Gasteiger charge is 2.34. The number of alkyl halides is 3. The van der Waals surface area contributed by atoms with Crippen LogP contribution >= 0.6 is 11.6 Å². The number of nitrogens with zero attached hydrogens (tertiary/aromatic N) is 2. The molecule has 25 heavy (non-hydrogen) atoms. The highest BCUT2D eigenvalue weighted by atomic mass is 35.5. The van der Waals surface area contributed by atoms with Crippen molar-refractivity contribution in [3.05, 3.63) is 34.6 Å². The van der Waals surface area contributed by atoms with Crippen molar-refractivity contribution >= 4 is 17.6 Å². The van der Waals surface area contributed by atoms with Gasteiger partial charge in [0.05, 0.1) is 18.1 Å². The Balaban J connectivity index is 1.93. The number of halogens is 5. The second kappa shape index (κ2) is 8.71. The predicted octanol–water partition coefficient (Wildman–Crippen LogP) is 3.17. The first-order valence-corrected chi connectivity index (χ1v) is 8.42. The number of likely N-dealkylation sites (tertiary alicyclic amines) is 1. The van der Waals surface area contributed by atoms with Crippen LogP contribution in [0.15, 0.2) is 23.2 Å². The van der Waals surface area contributed by atoms with E-state index in [-0.39, 0.29) is 17.6 Å². The number of aliphatic imine (C=N–C) groups is 1. The third-order valence-corrected chi connectivity index (χ3v) is 4.05. The van der Waals surface area contributed by atoms with Gasteiger partial charge in [0, 0.05) is 25.7 Å². The van der Waals surface area contributed by atoms with Crippen LogP contribution in [0.2, 0.25) is 5.02 Å². The Labute approximate surface area is 149 Å².